The topological polar surface area (TPSA) is 110 Å². The molecular weight excluding hydrogens is 250 g/mol. The van der Waals surface area contributed by atoms with E-state index in [4.69, 9.17) is 5.11 Å². The number of carbonyl (C=O) groups excluding carboxylic acids is 1. The van der Waals surface area contributed by atoms with Crippen molar-refractivity contribution in [3.8, 4) is 0 Å². The lowest BCUT2D eigenvalue weighted by Gasteiger charge is -2.19. The van der Waals surface area contributed by atoms with Gasteiger partial charge in [-0.05, 0) is 13.8 Å². The Kier molecular flexibility index (Phi) is 5.56. The number of hydrogen-bond acceptors (Lipinski definition) is 5. The smallest absolute Gasteiger partial charge is 0.310 e. The number of hydrogen-bond donors (Lipinski definition) is 2. The summed E-state index contributed by atoms with van der Waals surface area (Å²) in [5.41, 5.74) is -1.20. The summed E-state index contributed by atoms with van der Waals surface area (Å²) >= 11 is 0. The summed E-state index contributed by atoms with van der Waals surface area (Å²) in [6.45, 7) is 2.57. The summed E-state index contributed by atoms with van der Waals surface area (Å²) in [6.07, 6.45) is -0.265. The van der Waals surface area contributed by atoms with E-state index in [0.717, 1.165) is 7.11 Å². The predicted octanol–water partition coefficient (Wildman–Crippen LogP) is -0.420. The fourth-order valence-electron chi connectivity index (χ4n) is 0.758. The van der Waals surface area contributed by atoms with Gasteiger partial charge in [0.05, 0.1) is 24.7 Å². The molecular formula is C9H17NO6S. The zero-order valence-corrected chi connectivity index (χ0v) is 10.8. The summed E-state index contributed by atoms with van der Waals surface area (Å²) < 4.78 is 29.3. The SMILES string of the molecule is COC(=O)CCS(=O)(=O)NCC(C)(C)C(=O)O. The number of sulfonamides is 1. The summed E-state index contributed by atoms with van der Waals surface area (Å²) in [5.74, 6) is -2.16. The normalized spacial score (nSPS) is 12.2. The van der Waals surface area contributed by atoms with Gasteiger partial charge in [0, 0.05) is 6.54 Å². The molecule has 7 nitrogen and oxygen atoms in total. The van der Waals surface area contributed by atoms with Gasteiger partial charge in [0.25, 0.3) is 0 Å². The van der Waals surface area contributed by atoms with Gasteiger partial charge in [-0.2, -0.15) is 0 Å². The van der Waals surface area contributed by atoms with E-state index in [-0.39, 0.29) is 13.0 Å². The van der Waals surface area contributed by atoms with Crippen LogP contribution in [0.25, 0.3) is 0 Å². The van der Waals surface area contributed by atoms with Crippen molar-refractivity contribution < 1.29 is 27.9 Å². The number of rotatable bonds is 7. The number of aliphatic carboxylic acids is 1. The second kappa shape index (κ2) is 5.97. The van der Waals surface area contributed by atoms with Crippen LogP contribution in [0.1, 0.15) is 20.3 Å². The highest BCUT2D eigenvalue weighted by Gasteiger charge is 2.28. The van der Waals surface area contributed by atoms with Gasteiger partial charge >= 0.3 is 11.9 Å². The fraction of sp³-hybridized carbons (Fsp3) is 0.778. The van der Waals surface area contributed by atoms with Gasteiger partial charge in [-0.1, -0.05) is 0 Å². The van der Waals surface area contributed by atoms with E-state index in [1.54, 1.807) is 0 Å². The van der Waals surface area contributed by atoms with Gasteiger partial charge in [0.15, 0.2) is 0 Å². The molecule has 0 amide bonds. The summed E-state index contributed by atoms with van der Waals surface area (Å²) in [7, 11) is -2.50. The Hall–Kier alpha value is -1.15. The highest BCUT2D eigenvalue weighted by molar-refractivity contribution is 7.89. The number of carboxylic acid groups (broad SMARTS) is 1. The van der Waals surface area contributed by atoms with Crippen molar-refractivity contribution in [1.29, 1.82) is 0 Å². The van der Waals surface area contributed by atoms with E-state index < -0.39 is 33.1 Å². The number of carbonyl (C=O) groups is 2. The first-order valence-electron chi connectivity index (χ1n) is 4.88. The quantitative estimate of drug-likeness (QED) is 0.606. The summed E-state index contributed by atoms with van der Waals surface area (Å²) in [6, 6.07) is 0. The maximum atomic E-state index is 11.4. The monoisotopic (exact) mass is 267 g/mol. The van der Waals surface area contributed by atoms with Crippen LogP contribution in [0.5, 0.6) is 0 Å². The lowest BCUT2D eigenvalue weighted by Crippen LogP contribution is -2.40. The lowest BCUT2D eigenvalue weighted by atomic mass is 9.95. The Balaban J connectivity index is 4.29. The highest BCUT2D eigenvalue weighted by Crippen LogP contribution is 2.13. The molecule has 8 heteroatoms. The third-order valence-electron chi connectivity index (χ3n) is 2.12. The molecule has 0 rings (SSSR count). The Morgan fingerprint density at radius 1 is 1.35 bits per heavy atom. The van der Waals surface area contributed by atoms with Crippen LogP contribution in [-0.4, -0.2) is 44.9 Å². The molecule has 0 saturated carbocycles. The van der Waals surface area contributed by atoms with Gasteiger partial charge in [-0.25, -0.2) is 13.1 Å². The molecule has 0 aliphatic rings. The van der Waals surface area contributed by atoms with Crippen molar-refractivity contribution >= 4 is 22.0 Å². The number of esters is 1. The van der Waals surface area contributed by atoms with Gasteiger partial charge in [0.1, 0.15) is 0 Å². The van der Waals surface area contributed by atoms with Crippen LogP contribution in [0.2, 0.25) is 0 Å². The minimum absolute atomic E-state index is 0.230. The van der Waals surface area contributed by atoms with E-state index in [1.165, 1.54) is 13.8 Å². The standard InChI is InChI=1S/C9H17NO6S/c1-9(2,8(12)13)6-10-17(14,15)5-4-7(11)16-3/h10H,4-6H2,1-3H3,(H,12,13). The first-order valence-corrected chi connectivity index (χ1v) is 6.53. The Labute approximate surface area is 100 Å². The number of carboxylic acids is 1. The molecule has 0 atom stereocenters. The molecule has 0 aromatic rings. The molecule has 0 fully saturated rings. The van der Waals surface area contributed by atoms with Crippen LogP contribution in [0, 0.1) is 5.41 Å². The van der Waals surface area contributed by atoms with Gasteiger partial charge < -0.3 is 9.84 Å². The molecule has 0 heterocycles. The second-order valence-corrected chi connectivity index (χ2v) is 6.08. The van der Waals surface area contributed by atoms with Crippen LogP contribution >= 0.6 is 0 Å². The molecule has 0 aliphatic carbocycles. The zero-order chi connectivity index (χ0) is 13.7. The molecule has 0 aromatic heterocycles. The summed E-state index contributed by atoms with van der Waals surface area (Å²) in [5, 5.41) is 8.79. The lowest BCUT2D eigenvalue weighted by molar-refractivity contribution is -0.146. The van der Waals surface area contributed by atoms with Crippen molar-refractivity contribution in [2.45, 2.75) is 20.3 Å². The van der Waals surface area contributed by atoms with E-state index in [2.05, 4.69) is 9.46 Å². The van der Waals surface area contributed by atoms with Crippen molar-refractivity contribution in [3.63, 3.8) is 0 Å². The molecule has 17 heavy (non-hydrogen) atoms. The average Bonchev–Trinajstić information content (AvgIpc) is 2.23. The second-order valence-electron chi connectivity index (χ2n) is 4.16. The first kappa shape index (κ1) is 15.9. The fourth-order valence-corrected chi connectivity index (χ4v) is 1.92. The largest absolute Gasteiger partial charge is 0.481 e. The van der Waals surface area contributed by atoms with E-state index in [1.807, 2.05) is 0 Å². The number of methoxy groups -OCH3 is 1. The molecule has 0 saturated heterocycles. The molecule has 2 N–H and O–H groups in total. The first-order chi connectivity index (χ1) is 7.60. The molecule has 0 bridgehead atoms. The predicted molar refractivity (Wildman–Crippen MR) is 59.8 cm³/mol. The molecule has 0 aliphatic heterocycles. The highest BCUT2D eigenvalue weighted by atomic mass is 32.2. The third-order valence-corrected chi connectivity index (χ3v) is 3.44. The average molecular weight is 267 g/mol. The molecule has 100 valence electrons. The van der Waals surface area contributed by atoms with Gasteiger partial charge in [-0.15, -0.1) is 0 Å². The summed E-state index contributed by atoms with van der Waals surface area (Å²) in [4.78, 5) is 21.5. The maximum absolute atomic E-state index is 11.4. The van der Waals surface area contributed by atoms with Gasteiger partial charge in [-0.3, -0.25) is 9.59 Å². The van der Waals surface area contributed by atoms with Crippen LogP contribution in [-0.2, 0) is 24.3 Å². The molecule has 0 radical (unpaired) electrons. The minimum Gasteiger partial charge on any atom is -0.481 e. The van der Waals surface area contributed by atoms with Crippen molar-refractivity contribution in [2.75, 3.05) is 19.4 Å². The van der Waals surface area contributed by atoms with E-state index in [9.17, 15) is 18.0 Å². The van der Waals surface area contributed by atoms with Crippen molar-refractivity contribution in [3.05, 3.63) is 0 Å². The van der Waals surface area contributed by atoms with Crippen LogP contribution < -0.4 is 4.72 Å². The van der Waals surface area contributed by atoms with Gasteiger partial charge in [0.2, 0.25) is 10.0 Å². The van der Waals surface area contributed by atoms with E-state index >= 15 is 0 Å². The van der Waals surface area contributed by atoms with E-state index in [0.29, 0.717) is 0 Å². The zero-order valence-electron chi connectivity index (χ0n) is 10.0. The maximum Gasteiger partial charge on any atom is 0.310 e. The molecule has 0 aromatic carbocycles. The number of ether oxygens (including phenoxy) is 1. The minimum atomic E-state index is -3.67. The molecule has 0 unspecified atom stereocenters. The Morgan fingerprint density at radius 3 is 2.29 bits per heavy atom. The van der Waals surface area contributed by atoms with Crippen LogP contribution in [0.4, 0.5) is 0 Å². The third kappa shape index (κ3) is 6.22. The molecule has 0 spiro atoms. The van der Waals surface area contributed by atoms with Crippen LogP contribution in [0.15, 0.2) is 0 Å². The van der Waals surface area contributed by atoms with Crippen molar-refractivity contribution in [2.24, 2.45) is 5.41 Å². The van der Waals surface area contributed by atoms with Crippen molar-refractivity contribution in [1.82, 2.24) is 4.72 Å². The van der Waals surface area contributed by atoms with Crippen LogP contribution in [0.3, 0.4) is 0 Å². The number of nitrogens with one attached hydrogen (secondary N) is 1. The Morgan fingerprint density at radius 2 is 1.88 bits per heavy atom. The Bertz CT molecular complexity index is 386.